The van der Waals surface area contributed by atoms with Crippen molar-refractivity contribution >= 4 is 17.9 Å². The van der Waals surface area contributed by atoms with E-state index in [9.17, 15) is 14.4 Å². The van der Waals surface area contributed by atoms with Crippen LogP contribution in [0.5, 0.6) is 0 Å². The van der Waals surface area contributed by atoms with E-state index in [1.807, 2.05) is 6.92 Å². The smallest absolute Gasteiger partial charge is 0.328 e. The first kappa shape index (κ1) is 16.1. The molecule has 0 rings (SSSR count). The highest BCUT2D eigenvalue weighted by Crippen LogP contribution is 1.90. The second-order valence-electron chi connectivity index (χ2n) is 3.24. The number of likely N-dealkylation sites (N-methyl/N-ethyl adjacent to an activating group) is 1. The molecule has 0 aromatic heterocycles. The molecule has 0 fully saturated rings. The maximum atomic E-state index is 11.6. The number of aliphatic carboxylic acids is 1. The number of nitrogens with zero attached hydrogens (tertiary/aromatic N) is 1. The minimum absolute atomic E-state index is 0.367. The molecular formula is C11H18N2O5. The number of hydrogen-bond acceptors (Lipinski definition) is 4. The van der Waals surface area contributed by atoms with Crippen molar-refractivity contribution in [3.8, 4) is 0 Å². The Morgan fingerprint density at radius 2 is 1.94 bits per heavy atom. The van der Waals surface area contributed by atoms with Crippen LogP contribution in [0.3, 0.4) is 0 Å². The van der Waals surface area contributed by atoms with Gasteiger partial charge in [0.1, 0.15) is 0 Å². The molecule has 0 spiro atoms. The Morgan fingerprint density at radius 1 is 1.28 bits per heavy atom. The third-order valence-corrected chi connectivity index (χ3v) is 1.99. The van der Waals surface area contributed by atoms with E-state index in [0.29, 0.717) is 32.4 Å². The van der Waals surface area contributed by atoms with Crippen molar-refractivity contribution in [3.63, 3.8) is 0 Å². The average Bonchev–Trinajstić information content (AvgIpc) is 2.32. The van der Waals surface area contributed by atoms with Gasteiger partial charge in [-0.05, 0) is 13.8 Å². The Hall–Kier alpha value is -1.89. The predicted octanol–water partition coefficient (Wildman–Crippen LogP) is 0.222. The SMILES string of the molecule is CCOCCN(CC)C(=O)NC(=O)C=CC(=O)O. The van der Waals surface area contributed by atoms with Gasteiger partial charge in [0, 0.05) is 31.8 Å². The number of imide groups is 1. The summed E-state index contributed by atoms with van der Waals surface area (Å²) >= 11 is 0. The summed E-state index contributed by atoms with van der Waals surface area (Å²) < 4.78 is 5.10. The lowest BCUT2D eigenvalue weighted by atomic mass is 10.4. The molecule has 0 bridgehead atoms. The summed E-state index contributed by atoms with van der Waals surface area (Å²) in [5.41, 5.74) is 0. The first-order chi connectivity index (χ1) is 8.51. The fourth-order valence-electron chi connectivity index (χ4n) is 1.10. The lowest BCUT2D eigenvalue weighted by molar-refractivity contribution is -0.131. The molecule has 2 N–H and O–H groups in total. The summed E-state index contributed by atoms with van der Waals surface area (Å²) in [6, 6.07) is -0.572. The van der Waals surface area contributed by atoms with E-state index in [0.717, 1.165) is 6.08 Å². The molecule has 0 aliphatic rings. The highest BCUT2D eigenvalue weighted by Gasteiger charge is 2.12. The van der Waals surface area contributed by atoms with Crippen LogP contribution in [0.15, 0.2) is 12.2 Å². The zero-order valence-corrected chi connectivity index (χ0v) is 10.5. The van der Waals surface area contributed by atoms with Gasteiger partial charge in [0.25, 0.3) is 5.91 Å². The highest BCUT2D eigenvalue weighted by atomic mass is 16.5. The van der Waals surface area contributed by atoms with Crippen molar-refractivity contribution in [3.05, 3.63) is 12.2 Å². The number of hydrogen-bond donors (Lipinski definition) is 2. The summed E-state index contributed by atoms with van der Waals surface area (Å²) in [5, 5.41) is 10.4. The quantitative estimate of drug-likeness (QED) is 0.503. The van der Waals surface area contributed by atoms with Crippen molar-refractivity contribution in [2.45, 2.75) is 13.8 Å². The number of amides is 3. The first-order valence-electron chi connectivity index (χ1n) is 5.59. The standard InChI is InChI=1S/C11H18N2O5/c1-3-13(7-8-18-4-2)11(17)12-9(14)5-6-10(15)16/h5-6H,3-4,7-8H2,1-2H3,(H,15,16)(H,12,14,17). The van der Waals surface area contributed by atoms with Gasteiger partial charge in [-0.15, -0.1) is 0 Å². The number of carboxylic acids is 1. The topological polar surface area (TPSA) is 95.9 Å². The van der Waals surface area contributed by atoms with Gasteiger partial charge in [-0.3, -0.25) is 10.1 Å². The molecule has 7 nitrogen and oxygen atoms in total. The van der Waals surface area contributed by atoms with E-state index < -0.39 is 17.9 Å². The summed E-state index contributed by atoms with van der Waals surface area (Å²) in [6.07, 6.45) is 1.45. The molecule has 0 unspecified atom stereocenters. The monoisotopic (exact) mass is 258 g/mol. The first-order valence-corrected chi connectivity index (χ1v) is 5.59. The molecule has 7 heteroatoms. The Labute approximate surface area is 105 Å². The van der Waals surface area contributed by atoms with Crippen LogP contribution in [0.4, 0.5) is 4.79 Å². The number of urea groups is 1. The number of rotatable bonds is 7. The largest absolute Gasteiger partial charge is 0.478 e. The Kier molecular flexibility index (Phi) is 8.21. The average molecular weight is 258 g/mol. The maximum absolute atomic E-state index is 11.6. The van der Waals surface area contributed by atoms with Crippen LogP contribution in [0.2, 0.25) is 0 Å². The molecule has 0 saturated heterocycles. The van der Waals surface area contributed by atoms with Gasteiger partial charge < -0.3 is 14.7 Å². The van der Waals surface area contributed by atoms with E-state index in [-0.39, 0.29) is 0 Å². The summed E-state index contributed by atoms with van der Waals surface area (Å²) in [5.74, 6) is -2.02. The molecule has 3 amide bonds. The van der Waals surface area contributed by atoms with Crippen LogP contribution >= 0.6 is 0 Å². The zero-order valence-electron chi connectivity index (χ0n) is 10.5. The van der Waals surface area contributed by atoms with E-state index >= 15 is 0 Å². The normalized spacial score (nSPS) is 10.3. The second kappa shape index (κ2) is 9.17. The molecule has 0 aromatic carbocycles. The fourth-order valence-corrected chi connectivity index (χ4v) is 1.10. The van der Waals surface area contributed by atoms with Gasteiger partial charge in [-0.1, -0.05) is 0 Å². The Balaban J connectivity index is 4.18. The number of carbonyl (C=O) groups is 3. The van der Waals surface area contributed by atoms with Crippen molar-refractivity contribution < 1.29 is 24.2 Å². The van der Waals surface area contributed by atoms with Crippen molar-refractivity contribution in [2.24, 2.45) is 0 Å². The molecule has 0 aliphatic heterocycles. The molecule has 0 aromatic rings. The lowest BCUT2D eigenvalue weighted by Crippen LogP contribution is -2.43. The van der Waals surface area contributed by atoms with Gasteiger partial charge in [-0.25, -0.2) is 9.59 Å². The highest BCUT2D eigenvalue weighted by molar-refractivity contribution is 6.02. The van der Waals surface area contributed by atoms with Crippen LogP contribution in [-0.2, 0) is 14.3 Å². The fraction of sp³-hybridized carbons (Fsp3) is 0.545. The van der Waals surface area contributed by atoms with Gasteiger partial charge >= 0.3 is 12.0 Å². The van der Waals surface area contributed by atoms with E-state index in [1.165, 1.54) is 4.90 Å². The zero-order chi connectivity index (χ0) is 14.0. The van der Waals surface area contributed by atoms with E-state index in [2.05, 4.69) is 5.32 Å². The molecule has 0 heterocycles. The Morgan fingerprint density at radius 3 is 2.44 bits per heavy atom. The van der Waals surface area contributed by atoms with Gasteiger partial charge in [0.15, 0.2) is 0 Å². The Bertz CT molecular complexity index is 327. The van der Waals surface area contributed by atoms with Gasteiger partial charge in [0.2, 0.25) is 0 Å². The minimum Gasteiger partial charge on any atom is -0.478 e. The summed E-state index contributed by atoms with van der Waals surface area (Å²) in [6.45, 7) is 5.34. The van der Waals surface area contributed by atoms with Crippen molar-refractivity contribution in [1.29, 1.82) is 0 Å². The molecule has 0 radical (unpaired) electrons. The van der Waals surface area contributed by atoms with Crippen molar-refractivity contribution in [1.82, 2.24) is 10.2 Å². The summed E-state index contributed by atoms with van der Waals surface area (Å²) in [4.78, 5) is 34.3. The summed E-state index contributed by atoms with van der Waals surface area (Å²) in [7, 11) is 0. The number of carbonyl (C=O) groups excluding carboxylic acids is 2. The molecule has 0 saturated carbocycles. The molecule has 18 heavy (non-hydrogen) atoms. The van der Waals surface area contributed by atoms with Crippen LogP contribution in [0.25, 0.3) is 0 Å². The molecule has 0 atom stereocenters. The second-order valence-corrected chi connectivity index (χ2v) is 3.24. The van der Waals surface area contributed by atoms with E-state index in [1.54, 1.807) is 6.92 Å². The molecule has 0 aliphatic carbocycles. The van der Waals surface area contributed by atoms with Gasteiger partial charge in [0.05, 0.1) is 6.61 Å². The van der Waals surface area contributed by atoms with Crippen LogP contribution in [0.1, 0.15) is 13.8 Å². The number of carboxylic acid groups (broad SMARTS) is 1. The third-order valence-electron chi connectivity index (χ3n) is 1.99. The minimum atomic E-state index is -1.25. The molecule has 102 valence electrons. The van der Waals surface area contributed by atoms with Crippen LogP contribution in [0, 0.1) is 0 Å². The van der Waals surface area contributed by atoms with E-state index in [4.69, 9.17) is 9.84 Å². The third kappa shape index (κ3) is 7.39. The van der Waals surface area contributed by atoms with Crippen LogP contribution < -0.4 is 5.32 Å². The van der Waals surface area contributed by atoms with Crippen LogP contribution in [-0.4, -0.2) is 54.2 Å². The number of nitrogens with one attached hydrogen (secondary N) is 1. The predicted molar refractivity (Wildman–Crippen MR) is 64.1 cm³/mol. The maximum Gasteiger partial charge on any atom is 0.328 e. The number of ether oxygens (including phenoxy) is 1. The lowest BCUT2D eigenvalue weighted by Gasteiger charge is -2.20. The molecular weight excluding hydrogens is 240 g/mol. The van der Waals surface area contributed by atoms with Crippen molar-refractivity contribution in [2.75, 3.05) is 26.3 Å². The van der Waals surface area contributed by atoms with Gasteiger partial charge in [-0.2, -0.15) is 0 Å².